The molecule has 1 heterocycles. The van der Waals surface area contributed by atoms with Crippen LogP contribution in [-0.2, 0) is 14.3 Å². The number of piperidine rings is 1. The van der Waals surface area contributed by atoms with Crippen LogP contribution in [-0.4, -0.2) is 47.1 Å². The summed E-state index contributed by atoms with van der Waals surface area (Å²) in [5.41, 5.74) is -1.49. The molecule has 21 heavy (non-hydrogen) atoms. The molecular weight excluding hydrogens is 294 g/mol. The van der Waals surface area contributed by atoms with Crippen molar-refractivity contribution in [2.75, 3.05) is 13.0 Å². The van der Waals surface area contributed by atoms with E-state index in [0.29, 0.717) is 31.1 Å². The second-order valence-electron chi connectivity index (χ2n) is 6.93. The minimum atomic E-state index is -0.903. The van der Waals surface area contributed by atoms with Gasteiger partial charge in [-0.05, 0) is 52.4 Å². The molecule has 0 aromatic rings. The van der Waals surface area contributed by atoms with E-state index in [0.717, 1.165) is 6.42 Å². The number of fused-ring (bicyclic) bond motifs is 1. The number of halogens is 1. The zero-order valence-electron chi connectivity index (χ0n) is 13.1. The second kappa shape index (κ2) is 5.67. The van der Waals surface area contributed by atoms with Gasteiger partial charge in [0.15, 0.2) is 0 Å². The Morgan fingerprint density at radius 1 is 1.38 bits per heavy atom. The average Bonchev–Trinajstić information content (AvgIpc) is 3.04. The van der Waals surface area contributed by atoms with Gasteiger partial charge in [0.25, 0.3) is 0 Å². The van der Waals surface area contributed by atoms with Gasteiger partial charge in [0.05, 0.1) is 7.11 Å². The molecule has 2 rings (SSSR count). The molecule has 1 saturated heterocycles. The third kappa shape index (κ3) is 3.12. The van der Waals surface area contributed by atoms with Crippen LogP contribution in [0.25, 0.3) is 0 Å². The predicted octanol–water partition coefficient (Wildman–Crippen LogP) is 2.95. The fourth-order valence-electron chi connectivity index (χ4n) is 3.29. The Kier molecular flexibility index (Phi) is 4.43. The van der Waals surface area contributed by atoms with Crippen LogP contribution in [0.1, 0.15) is 46.5 Å². The minimum Gasteiger partial charge on any atom is -0.467 e. The van der Waals surface area contributed by atoms with E-state index in [9.17, 15) is 9.59 Å². The SMILES string of the molecule is COC(=O)C1(CCCCl)C[C@@H]2C[C@@H]2N1C(=O)OC(C)(C)C. The van der Waals surface area contributed by atoms with Gasteiger partial charge in [0, 0.05) is 11.9 Å². The number of carbonyl (C=O) groups excluding carboxylic acids is 2. The number of methoxy groups -OCH3 is 1. The molecule has 0 aromatic carbocycles. The van der Waals surface area contributed by atoms with Crippen molar-refractivity contribution >= 4 is 23.7 Å². The number of alkyl halides is 1. The first-order valence-corrected chi connectivity index (χ1v) is 7.95. The van der Waals surface area contributed by atoms with Gasteiger partial charge in [-0.1, -0.05) is 0 Å². The summed E-state index contributed by atoms with van der Waals surface area (Å²) in [6.07, 6.45) is 2.36. The lowest BCUT2D eigenvalue weighted by atomic mass is 9.88. The fraction of sp³-hybridized carbons (Fsp3) is 0.867. The molecule has 1 aliphatic carbocycles. The van der Waals surface area contributed by atoms with E-state index in [1.165, 1.54) is 7.11 Å². The lowest BCUT2D eigenvalue weighted by molar-refractivity contribution is -0.155. The first-order chi connectivity index (χ1) is 9.75. The summed E-state index contributed by atoms with van der Waals surface area (Å²) in [5.74, 6) is 0.480. The van der Waals surface area contributed by atoms with E-state index >= 15 is 0 Å². The molecule has 0 spiro atoms. The largest absolute Gasteiger partial charge is 0.467 e. The Morgan fingerprint density at radius 2 is 2.05 bits per heavy atom. The van der Waals surface area contributed by atoms with Crippen molar-refractivity contribution in [3.8, 4) is 0 Å². The van der Waals surface area contributed by atoms with Crippen molar-refractivity contribution in [3.63, 3.8) is 0 Å². The van der Waals surface area contributed by atoms with Gasteiger partial charge < -0.3 is 9.47 Å². The van der Waals surface area contributed by atoms with Crippen LogP contribution in [0.3, 0.4) is 0 Å². The summed E-state index contributed by atoms with van der Waals surface area (Å²) in [4.78, 5) is 26.6. The number of hydrogen-bond donors (Lipinski definition) is 0. The maximum atomic E-state index is 12.6. The van der Waals surface area contributed by atoms with E-state index < -0.39 is 17.2 Å². The van der Waals surface area contributed by atoms with Gasteiger partial charge in [-0.2, -0.15) is 0 Å². The van der Waals surface area contributed by atoms with Gasteiger partial charge >= 0.3 is 12.1 Å². The molecule has 1 amide bonds. The minimum absolute atomic E-state index is 0.106. The maximum Gasteiger partial charge on any atom is 0.411 e. The molecule has 0 bridgehead atoms. The van der Waals surface area contributed by atoms with Crippen LogP contribution in [0.5, 0.6) is 0 Å². The van der Waals surface area contributed by atoms with Gasteiger partial charge in [-0.15, -0.1) is 11.6 Å². The van der Waals surface area contributed by atoms with Gasteiger partial charge in [0.1, 0.15) is 11.1 Å². The van der Waals surface area contributed by atoms with Crippen LogP contribution < -0.4 is 0 Å². The Morgan fingerprint density at radius 3 is 2.57 bits per heavy atom. The van der Waals surface area contributed by atoms with Crippen LogP contribution in [0.15, 0.2) is 0 Å². The molecule has 1 aliphatic heterocycles. The number of esters is 1. The summed E-state index contributed by atoms with van der Waals surface area (Å²) in [6.45, 7) is 5.47. The van der Waals surface area contributed by atoms with Crippen LogP contribution in [0.4, 0.5) is 4.79 Å². The van der Waals surface area contributed by atoms with Gasteiger partial charge in [-0.25, -0.2) is 9.59 Å². The quantitative estimate of drug-likeness (QED) is 0.591. The van der Waals surface area contributed by atoms with Gasteiger partial charge in [-0.3, -0.25) is 4.90 Å². The molecular formula is C15H24ClNO4. The van der Waals surface area contributed by atoms with E-state index in [1.54, 1.807) is 4.90 Å². The van der Waals surface area contributed by atoms with Crippen LogP contribution in [0.2, 0.25) is 0 Å². The van der Waals surface area contributed by atoms with Crippen molar-refractivity contribution in [3.05, 3.63) is 0 Å². The standard InChI is InChI=1S/C15H24ClNO4/c1-14(2,3)21-13(19)17-11-8-10(11)9-15(17,6-5-7-16)12(18)20-4/h10-11H,5-9H2,1-4H3/t10-,11-,15?/m0/s1. The van der Waals surface area contributed by atoms with Crippen molar-refractivity contribution < 1.29 is 19.1 Å². The Balaban J connectivity index is 2.25. The molecule has 1 saturated carbocycles. The van der Waals surface area contributed by atoms with Gasteiger partial charge in [0.2, 0.25) is 0 Å². The number of rotatable bonds is 4. The predicted molar refractivity (Wildman–Crippen MR) is 79.3 cm³/mol. The highest BCUT2D eigenvalue weighted by molar-refractivity contribution is 6.17. The highest BCUT2D eigenvalue weighted by atomic mass is 35.5. The van der Waals surface area contributed by atoms with Crippen molar-refractivity contribution in [2.45, 2.75) is 63.6 Å². The highest BCUT2D eigenvalue weighted by Crippen LogP contribution is 2.55. The third-order valence-corrected chi connectivity index (χ3v) is 4.42. The summed E-state index contributed by atoms with van der Waals surface area (Å²) < 4.78 is 10.5. The molecule has 3 atom stereocenters. The van der Waals surface area contributed by atoms with E-state index in [4.69, 9.17) is 21.1 Å². The smallest absolute Gasteiger partial charge is 0.411 e. The molecule has 1 unspecified atom stereocenters. The number of carbonyl (C=O) groups is 2. The van der Waals surface area contributed by atoms with Crippen molar-refractivity contribution in [2.24, 2.45) is 5.92 Å². The number of likely N-dealkylation sites (tertiary alicyclic amines) is 1. The normalized spacial score (nSPS) is 30.8. The molecule has 0 aromatic heterocycles. The molecule has 0 N–H and O–H groups in total. The molecule has 0 radical (unpaired) electrons. The molecule has 120 valence electrons. The zero-order valence-corrected chi connectivity index (χ0v) is 13.9. The number of nitrogens with zero attached hydrogens (tertiary/aromatic N) is 1. The second-order valence-corrected chi connectivity index (χ2v) is 7.31. The lowest BCUT2D eigenvalue weighted by Gasteiger charge is -2.38. The third-order valence-electron chi connectivity index (χ3n) is 4.16. The first-order valence-electron chi connectivity index (χ1n) is 7.42. The summed E-state index contributed by atoms with van der Waals surface area (Å²) in [7, 11) is 1.36. The molecule has 2 fully saturated rings. The summed E-state index contributed by atoms with van der Waals surface area (Å²) in [6, 6.07) is 0.106. The number of hydrogen-bond acceptors (Lipinski definition) is 4. The molecule has 6 heteroatoms. The number of ether oxygens (including phenoxy) is 2. The summed E-state index contributed by atoms with van der Waals surface area (Å²) >= 11 is 5.78. The van der Waals surface area contributed by atoms with Crippen LogP contribution >= 0.6 is 11.6 Å². The van der Waals surface area contributed by atoms with Crippen molar-refractivity contribution in [1.82, 2.24) is 4.90 Å². The maximum absolute atomic E-state index is 12.6. The Labute approximate surface area is 130 Å². The molecule has 5 nitrogen and oxygen atoms in total. The fourth-order valence-corrected chi connectivity index (χ4v) is 3.43. The zero-order chi connectivity index (χ0) is 15.8. The number of amides is 1. The van der Waals surface area contributed by atoms with E-state index in [2.05, 4.69) is 0 Å². The lowest BCUT2D eigenvalue weighted by Crippen LogP contribution is -2.56. The topological polar surface area (TPSA) is 55.8 Å². The Hall–Kier alpha value is -0.970. The molecule has 2 aliphatic rings. The van der Waals surface area contributed by atoms with Crippen LogP contribution in [0, 0.1) is 5.92 Å². The Bertz CT molecular complexity index is 434. The first kappa shape index (κ1) is 16.4. The van der Waals surface area contributed by atoms with Crippen molar-refractivity contribution in [1.29, 1.82) is 0 Å². The summed E-state index contributed by atoms with van der Waals surface area (Å²) in [5, 5.41) is 0. The van der Waals surface area contributed by atoms with E-state index in [-0.39, 0.29) is 12.0 Å². The monoisotopic (exact) mass is 317 g/mol. The highest BCUT2D eigenvalue weighted by Gasteiger charge is 2.65. The van der Waals surface area contributed by atoms with E-state index in [1.807, 2.05) is 20.8 Å². The average molecular weight is 318 g/mol.